The third-order valence-electron chi connectivity index (χ3n) is 5.13. The highest BCUT2D eigenvalue weighted by molar-refractivity contribution is 5.47. The third-order valence-corrected chi connectivity index (χ3v) is 5.13. The van der Waals surface area contributed by atoms with Gasteiger partial charge in [-0.15, -0.1) is 20.4 Å². The number of fused-ring (bicyclic) bond motifs is 2. The topological polar surface area (TPSA) is 87.4 Å². The first kappa shape index (κ1) is 15.4. The molecule has 2 aliphatic rings. The van der Waals surface area contributed by atoms with E-state index in [1.165, 1.54) is 5.56 Å². The Morgan fingerprint density at radius 2 is 2.12 bits per heavy atom. The summed E-state index contributed by atoms with van der Waals surface area (Å²) >= 11 is 0. The molecule has 0 spiro atoms. The van der Waals surface area contributed by atoms with Crippen LogP contribution in [0.1, 0.15) is 11.3 Å². The van der Waals surface area contributed by atoms with E-state index >= 15 is 0 Å². The lowest BCUT2D eigenvalue weighted by Gasteiger charge is -2.40. The van der Waals surface area contributed by atoms with Crippen molar-refractivity contribution in [3.05, 3.63) is 35.8 Å². The fraction of sp³-hybridized carbons (Fsp3) is 0.471. The molecule has 0 amide bonds. The van der Waals surface area contributed by atoms with Gasteiger partial charge >= 0.3 is 0 Å². The number of anilines is 2. The van der Waals surface area contributed by atoms with Crippen LogP contribution in [-0.2, 0) is 13.0 Å². The van der Waals surface area contributed by atoms with Crippen molar-refractivity contribution < 1.29 is 0 Å². The van der Waals surface area contributed by atoms with Gasteiger partial charge in [0.15, 0.2) is 5.65 Å². The molecule has 9 nitrogen and oxygen atoms in total. The van der Waals surface area contributed by atoms with Crippen LogP contribution in [0.3, 0.4) is 0 Å². The lowest BCUT2D eigenvalue weighted by molar-refractivity contribution is 0.309. The molecule has 26 heavy (non-hydrogen) atoms. The van der Waals surface area contributed by atoms with Gasteiger partial charge in [0, 0.05) is 45.1 Å². The Balaban J connectivity index is 1.17. The molecule has 5 rings (SSSR count). The summed E-state index contributed by atoms with van der Waals surface area (Å²) in [6.45, 7) is 4.87. The van der Waals surface area contributed by atoms with Crippen LogP contribution in [0.25, 0.3) is 5.65 Å². The van der Waals surface area contributed by atoms with Crippen LogP contribution < -0.4 is 10.2 Å². The highest BCUT2D eigenvalue weighted by Crippen LogP contribution is 2.23. The standard InChI is InChI=1S/C17H21N9/c1-24-5-4-14-13(10-24)6-15(21-20-14)18-7-12-8-25(9-12)17-3-2-16-22-19-11-26(16)23-17/h2-3,6,11-12H,4-5,7-10H2,1H3,(H,18,21). The summed E-state index contributed by atoms with van der Waals surface area (Å²) in [5, 5.41) is 24.5. The fourth-order valence-electron chi connectivity index (χ4n) is 3.58. The van der Waals surface area contributed by atoms with Crippen molar-refractivity contribution >= 4 is 17.3 Å². The second-order valence-corrected chi connectivity index (χ2v) is 7.17. The van der Waals surface area contributed by atoms with E-state index in [1.54, 1.807) is 10.8 Å². The zero-order chi connectivity index (χ0) is 17.5. The molecule has 134 valence electrons. The van der Waals surface area contributed by atoms with Crippen molar-refractivity contribution in [2.45, 2.75) is 13.0 Å². The minimum absolute atomic E-state index is 0.578. The third kappa shape index (κ3) is 2.84. The van der Waals surface area contributed by atoms with E-state index < -0.39 is 0 Å². The molecule has 0 atom stereocenters. The molecule has 2 aliphatic heterocycles. The van der Waals surface area contributed by atoms with E-state index in [4.69, 9.17) is 0 Å². The van der Waals surface area contributed by atoms with Gasteiger partial charge in [-0.25, -0.2) is 0 Å². The molecule has 3 aromatic rings. The number of nitrogens with zero attached hydrogens (tertiary/aromatic N) is 8. The summed E-state index contributed by atoms with van der Waals surface area (Å²) in [4.78, 5) is 4.58. The van der Waals surface area contributed by atoms with Crippen molar-refractivity contribution in [3.63, 3.8) is 0 Å². The van der Waals surface area contributed by atoms with Crippen molar-refractivity contribution in [1.29, 1.82) is 0 Å². The van der Waals surface area contributed by atoms with Crippen LogP contribution in [0.4, 0.5) is 11.6 Å². The quantitative estimate of drug-likeness (QED) is 0.725. The van der Waals surface area contributed by atoms with Crippen molar-refractivity contribution in [2.75, 3.05) is 43.4 Å². The van der Waals surface area contributed by atoms with Gasteiger partial charge in [0.05, 0.1) is 5.69 Å². The average molecular weight is 351 g/mol. The number of nitrogens with one attached hydrogen (secondary N) is 1. The maximum Gasteiger partial charge on any atom is 0.177 e. The summed E-state index contributed by atoms with van der Waals surface area (Å²) in [7, 11) is 2.14. The number of likely N-dealkylation sites (N-methyl/N-ethyl adjacent to an activating group) is 1. The first-order chi connectivity index (χ1) is 12.7. The Hall–Kier alpha value is -2.81. The zero-order valence-electron chi connectivity index (χ0n) is 14.7. The highest BCUT2D eigenvalue weighted by atomic mass is 15.4. The summed E-state index contributed by atoms with van der Waals surface area (Å²) in [6, 6.07) is 6.09. The molecule has 0 aromatic carbocycles. The van der Waals surface area contributed by atoms with Crippen LogP contribution >= 0.6 is 0 Å². The van der Waals surface area contributed by atoms with E-state index in [1.807, 2.05) is 12.1 Å². The SMILES string of the molecule is CN1CCc2nnc(NCC3CN(c4ccc5nncn5n4)C3)cc2C1. The van der Waals surface area contributed by atoms with Crippen LogP contribution in [0.5, 0.6) is 0 Å². The van der Waals surface area contributed by atoms with E-state index in [0.29, 0.717) is 5.92 Å². The minimum Gasteiger partial charge on any atom is -0.368 e. The summed E-state index contributed by atoms with van der Waals surface area (Å²) < 4.78 is 1.71. The molecule has 0 saturated carbocycles. The van der Waals surface area contributed by atoms with Crippen molar-refractivity contribution in [2.24, 2.45) is 5.92 Å². The lowest BCUT2D eigenvalue weighted by atomic mass is 10.0. The van der Waals surface area contributed by atoms with Crippen LogP contribution in [0, 0.1) is 5.92 Å². The predicted molar refractivity (Wildman–Crippen MR) is 97.0 cm³/mol. The monoisotopic (exact) mass is 351 g/mol. The Kier molecular flexibility index (Phi) is 3.66. The molecule has 1 fully saturated rings. The number of hydrogen-bond donors (Lipinski definition) is 1. The van der Waals surface area contributed by atoms with Gasteiger partial charge in [-0.3, -0.25) is 0 Å². The van der Waals surface area contributed by atoms with Gasteiger partial charge in [0.1, 0.15) is 18.0 Å². The maximum absolute atomic E-state index is 4.54. The lowest BCUT2D eigenvalue weighted by Crippen LogP contribution is -2.50. The largest absolute Gasteiger partial charge is 0.368 e. The maximum atomic E-state index is 4.54. The Morgan fingerprint density at radius 1 is 1.19 bits per heavy atom. The first-order valence-electron chi connectivity index (χ1n) is 8.94. The first-order valence-corrected chi connectivity index (χ1v) is 8.94. The van der Waals surface area contributed by atoms with Gasteiger partial charge in [0.2, 0.25) is 0 Å². The summed E-state index contributed by atoms with van der Waals surface area (Å²) in [5.74, 6) is 2.42. The molecule has 3 aromatic heterocycles. The molecule has 0 aliphatic carbocycles. The number of rotatable bonds is 4. The minimum atomic E-state index is 0.578. The highest BCUT2D eigenvalue weighted by Gasteiger charge is 2.28. The fourth-order valence-corrected chi connectivity index (χ4v) is 3.58. The van der Waals surface area contributed by atoms with E-state index in [9.17, 15) is 0 Å². The average Bonchev–Trinajstić information content (AvgIpc) is 3.08. The van der Waals surface area contributed by atoms with Crippen molar-refractivity contribution in [3.8, 4) is 0 Å². The van der Waals surface area contributed by atoms with E-state index in [0.717, 1.165) is 62.1 Å². The second-order valence-electron chi connectivity index (χ2n) is 7.17. The van der Waals surface area contributed by atoms with Crippen LogP contribution in [0.15, 0.2) is 24.5 Å². The van der Waals surface area contributed by atoms with Crippen molar-refractivity contribution in [1.82, 2.24) is 34.9 Å². The van der Waals surface area contributed by atoms with E-state index in [2.05, 4.69) is 53.7 Å². The van der Waals surface area contributed by atoms with Crippen LogP contribution in [-0.4, -0.2) is 68.1 Å². The van der Waals surface area contributed by atoms with Gasteiger partial charge in [-0.2, -0.15) is 9.61 Å². The summed E-state index contributed by atoms with van der Waals surface area (Å²) in [5.41, 5.74) is 3.20. The van der Waals surface area contributed by atoms with Crippen LogP contribution in [0.2, 0.25) is 0 Å². The van der Waals surface area contributed by atoms with Gasteiger partial charge in [-0.1, -0.05) is 0 Å². The molecule has 1 saturated heterocycles. The molecule has 0 unspecified atom stereocenters. The van der Waals surface area contributed by atoms with Gasteiger partial charge in [-0.05, 0) is 30.8 Å². The van der Waals surface area contributed by atoms with Gasteiger partial charge in [0.25, 0.3) is 0 Å². The Bertz CT molecular complexity index is 931. The molecule has 5 heterocycles. The van der Waals surface area contributed by atoms with E-state index in [-0.39, 0.29) is 0 Å². The predicted octanol–water partition coefficient (Wildman–Crippen LogP) is 0.450. The summed E-state index contributed by atoms with van der Waals surface area (Å²) in [6.07, 6.45) is 2.62. The zero-order valence-corrected chi connectivity index (χ0v) is 14.7. The molecular weight excluding hydrogens is 330 g/mol. The molecule has 9 heteroatoms. The molecular formula is C17H21N9. The molecule has 0 bridgehead atoms. The normalized spacial score (nSPS) is 18.0. The Labute approximate surface area is 151 Å². The Morgan fingerprint density at radius 3 is 3.04 bits per heavy atom. The molecule has 0 radical (unpaired) electrons. The number of hydrogen-bond acceptors (Lipinski definition) is 8. The smallest absolute Gasteiger partial charge is 0.177 e. The second kappa shape index (κ2) is 6.17. The number of aromatic nitrogens is 6. The molecule has 1 N–H and O–H groups in total. The van der Waals surface area contributed by atoms with Gasteiger partial charge < -0.3 is 15.1 Å².